The van der Waals surface area contributed by atoms with Crippen LogP contribution in [0, 0.1) is 0 Å². The minimum Gasteiger partial charge on any atom is -0.411 e. The fourth-order valence-electron chi connectivity index (χ4n) is 1.82. The summed E-state index contributed by atoms with van der Waals surface area (Å²) in [6, 6.07) is 7.84. The first-order chi connectivity index (χ1) is 9.65. The molecule has 0 saturated carbocycles. The molecule has 3 aromatic rings. The standard InChI is InChI=1S/C13H12N4O2S/c1-7(11(14)18)20-13-17-16-12(19-13)9-6-15-10-5-3-2-4-8(9)10/h2-7,15H,1H3,(H2,14,18). The molecule has 3 rings (SSSR count). The quantitative estimate of drug-likeness (QED) is 0.717. The Kier molecular flexibility index (Phi) is 3.19. The van der Waals surface area contributed by atoms with Gasteiger partial charge in [-0.2, -0.15) is 0 Å². The number of para-hydroxylation sites is 1. The molecular weight excluding hydrogens is 276 g/mol. The highest BCUT2D eigenvalue weighted by atomic mass is 32.2. The highest BCUT2D eigenvalue weighted by molar-refractivity contribution is 8.00. The molecule has 102 valence electrons. The van der Waals surface area contributed by atoms with Gasteiger partial charge in [-0.15, -0.1) is 10.2 Å². The molecule has 0 fully saturated rings. The van der Waals surface area contributed by atoms with Crippen LogP contribution in [0.15, 0.2) is 40.1 Å². The van der Waals surface area contributed by atoms with E-state index in [1.165, 1.54) is 0 Å². The van der Waals surface area contributed by atoms with E-state index in [1.807, 2.05) is 30.5 Å². The van der Waals surface area contributed by atoms with Crippen LogP contribution in [-0.4, -0.2) is 26.3 Å². The van der Waals surface area contributed by atoms with Gasteiger partial charge in [0.1, 0.15) is 0 Å². The number of carbonyl (C=O) groups excluding carboxylic acids is 1. The second-order valence-electron chi connectivity index (χ2n) is 4.28. The SMILES string of the molecule is CC(Sc1nnc(-c2c[nH]c3ccccc23)o1)C(N)=O. The van der Waals surface area contributed by atoms with E-state index in [4.69, 9.17) is 10.2 Å². The summed E-state index contributed by atoms with van der Waals surface area (Å²) in [7, 11) is 0. The van der Waals surface area contributed by atoms with Gasteiger partial charge in [0.05, 0.1) is 10.8 Å². The highest BCUT2D eigenvalue weighted by Crippen LogP contribution is 2.30. The van der Waals surface area contributed by atoms with Crippen molar-refractivity contribution >= 4 is 28.6 Å². The molecule has 1 aromatic carbocycles. The molecule has 6 nitrogen and oxygen atoms in total. The lowest BCUT2D eigenvalue weighted by molar-refractivity contribution is -0.117. The lowest BCUT2D eigenvalue weighted by Gasteiger charge is -2.00. The molecule has 0 spiro atoms. The Bertz CT molecular complexity index is 764. The number of H-pyrrole nitrogens is 1. The Labute approximate surface area is 118 Å². The third-order valence-corrected chi connectivity index (χ3v) is 3.86. The number of primary amides is 1. The van der Waals surface area contributed by atoms with Crippen LogP contribution in [0.25, 0.3) is 22.4 Å². The van der Waals surface area contributed by atoms with E-state index in [9.17, 15) is 4.79 Å². The minimum absolute atomic E-state index is 0.330. The number of fused-ring (bicyclic) bond motifs is 1. The number of hydrogen-bond acceptors (Lipinski definition) is 5. The van der Waals surface area contributed by atoms with Gasteiger partial charge >= 0.3 is 0 Å². The monoisotopic (exact) mass is 288 g/mol. The van der Waals surface area contributed by atoms with Crippen molar-refractivity contribution in [2.24, 2.45) is 5.73 Å². The summed E-state index contributed by atoms with van der Waals surface area (Å²) in [5.41, 5.74) is 7.04. The van der Waals surface area contributed by atoms with Gasteiger partial charge in [0, 0.05) is 17.1 Å². The van der Waals surface area contributed by atoms with Crippen molar-refractivity contribution in [2.45, 2.75) is 17.4 Å². The lowest BCUT2D eigenvalue weighted by Crippen LogP contribution is -2.22. The van der Waals surface area contributed by atoms with E-state index >= 15 is 0 Å². The molecule has 3 N–H and O–H groups in total. The molecular formula is C13H12N4O2S. The number of amides is 1. The van der Waals surface area contributed by atoms with Gasteiger partial charge in [0.15, 0.2) is 0 Å². The van der Waals surface area contributed by atoms with Crippen molar-refractivity contribution in [3.63, 3.8) is 0 Å². The lowest BCUT2D eigenvalue weighted by atomic mass is 10.2. The van der Waals surface area contributed by atoms with E-state index in [-0.39, 0.29) is 0 Å². The second-order valence-corrected chi connectivity index (χ2v) is 5.58. The summed E-state index contributed by atoms with van der Waals surface area (Å²) in [5, 5.41) is 8.87. The molecule has 0 aliphatic heterocycles. The third kappa shape index (κ3) is 2.27. The van der Waals surface area contributed by atoms with Gasteiger partial charge < -0.3 is 15.1 Å². The molecule has 0 bridgehead atoms. The smallest absolute Gasteiger partial charge is 0.277 e. The third-order valence-electron chi connectivity index (χ3n) is 2.90. The molecule has 7 heteroatoms. The molecule has 0 radical (unpaired) electrons. The predicted molar refractivity (Wildman–Crippen MR) is 76.1 cm³/mol. The van der Waals surface area contributed by atoms with Crippen LogP contribution >= 0.6 is 11.8 Å². The zero-order chi connectivity index (χ0) is 14.1. The molecule has 0 aliphatic rings. The summed E-state index contributed by atoms with van der Waals surface area (Å²) in [6.45, 7) is 1.70. The van der Waals surface area contributed by atoms with Crippen molar-refractivity contribution in [3.05, 3.63) is 30.5 Å². The largest absolute Gasteiger partial charge is 0.411 e. The number of carbonyl (C=O) groups is 1. The Balaban J connectivity index is 1.92. The van der Waals surface area contributed by atoms with Crippen LogP contribution in [-0.2, 0) is 4.79 Å². The van der Waals surface area contributed by atoms with Crippen molar-refractivity contribution in [1.82, 2.24) is 15.2 Å². The molecule has 20 heavy (non-hydrogen) atoms. The molecule has 1 amide bonds. The van der Waals surface area contributed by atoms with E-state index in [0.29, 0.717) is 11.1 Å². The first kappa shape index (κ1) is 12.7. The number of nitrogens with zero attached hydrogens (tertiary/aromatic N) is 2. The summed E-state index contributed by atoms with van der Waals surface area (Å²) in [4.78, 5) is 14.2. The maximum Gasteiger partial charge on any atom is 0.277 e. The summed E-state index contributed by atoms with van der Waals surface area (Å²) in [6.07, 6.45) is 1.82. The number of nitrogens with one attached hydrogen (secondary N) is 1. The maximum absolute atomic E-state index is 11.0. The molecule has 2 heterocycles. The fourth-order valence-corrected chi connectivity index (χ4v) is 2.46. The first-order valence-electron chi connectivity index (χ1n) is 6.01. The van der Waals surface area contributed by atoms with Crippen molar-refractivity contribution in [1.29, 1.82) is 0 Å². The van der Waals surface area contributed by atoms with Crippen LogP contribution in [0.1, 0.15) is 6.92 Å². The highest BCUT2D eigenvalue weighted by Gasteiger charge is 2.17. The number of nitrogens with two attached hydrogens (primary N) is 1. The Morgan fingerprint density at radius 1 is 1.40 bits per heavy atom. The molecule has 1 unspecified atom stereocenters. The molecule has 2 aromatic heterocycles. The van der Waals surface area contributed by atoms with Crippen LogP contribution in [0.4, 0.5) is 0 Å². The van der Waals surface area contributed by atoms with Gasteiger partial charge in [0.2, 0.25) is 5.91 Å². The van der Waals surface area contributed by atoms with E-state index in [2.05, 4.69) is 15.2 Å². The first-order valence-corrected chi connectivity index (χ1v) is 6.89. The normalized spacial score (nSPS) is 12.7. The Morgan fingerprint density at radius 2 is 2.20 bits per heavy atom. The molecule has 1 atom stereocenters. The molecule has 0 saturated heterocycles. The van der Waals surface area contributed by atoms with E-state index in [0.717, 1.165) is 28.2 Å². The van der Waals surface area contributed by atoms with Crippen LogP contribution in [0.3, 0.4) is 0 Å². The predicted octanol–water partition coefficient (Wildman–Crippen LogP) is 2.18. The fraction of sp³-hybridized carbons (Fsp3) is 0.154. The van der Waals surface area contributed by atoms with E-state index < -0.39 is 11.2 Å². The Morgan fingerprint density at radius 3 is 3.00 bits per heavy atom. The van der Waals surface area contributed by atoms with Gasteiger partial charge in [0.25, 0.3) is 11.1 Å². The zero-order valence-electron chi connectivity index (χ0n) is 10.7. The van der Waals surface area contributed by atoms with Crippen molar-refractivity contribution < 1.29 is 9.21 Å². The second kappa shape index (κ2) is 5.01. The molecule has 0 aliphatic carbocycles. The average molecular weight is 288 g/mol. The minimum atomic E-state index is -0.415. The van der Waals surface area contributed by atoms with Crippen LogP contribution < -0.4 is 5.73 Å². The van der Waals surface area contributed by atoms with Gasteiger partial charge in [-0.05, 0) is 13.0 Å². The van der Waals surface area contributed by atoms with Crippen molar-refractivity contribution in [3.8, 4) is 11.5 Å². The summed E-state index contributed by atoms with van der Waals surface area (Å²) >= 11 is 1.15. The van der Waals surface area contributed by atoms with Gasteiger partial charge in [-0.3, -0.25) is 4.79 Å². The van der Waals surface area contributed by atoms with Crippen LogP contribution in [0.5, 0.6) is 0 Å². The maximum atomic E-state index is 11.0. The van der Waals surface area contributed by atoms with Crippen LogP contribution in [0.2, 0.25) is 0 Å². The topological polar surface area (TPSA) is 97.8 Å². The number of aromatic nitrogens is 3. The number of aromatic amines is 1. The number of hydrogen-bond donors (Lipinski definition) is 2. The Hall–Kier alpha value is -2.28. The zero-order valence-corrected chi connectivity index (χ0v) is 11.5. The summed E-state index contributed by atoms with van der Waals surface area (Å²) in [5.74, 6) is 0.00321. The summed E-state index contributed by atoms with van der Waals surface area (Å²) < 4.78 is 5.57. The van der Waals surface area contributed by atoms with Gasteiger partial charge in [-0.1, -0.05) is 30.0 Å². The van der Waals surface area contributed by atoms with Crippen molar-refractivity contribution in [2.75, 3.05) is 0 Å². The van der Waals surface area contributed by atoms with Gasteiger partial charge in [-0.25, -0.2) is 0 Å². The average Bonchev–Trinajstić information content (AvgIpc) is 3.04. The number of thioether (sulfide) groups is 1. The number of rotatable bonds is 4. The number of benzene rings is 1. The van der Waals surface area contributed by atoms with E-state index in [1.54, 1.807) is 6.92 Å².